The molecule has 3 nitrogen and oxygen atoms in total. The molecule has 0 radical (unpaired) electrons. The van der Waals surface area contributed by atoms with Gasteiger partial charge in [-0.2, -0.15) is 0 Å². The van der Waals surface area contributed by atoms with Crippen LogP contribution in [0.15, 0.2) is 12.1 Å². The van der Waals surface area contributed by atoms with Crippen molar-refractivity contribution in [3.63, 3.8) is 0 Å². The summed E-state index contributed by atoms with van der Waals surface area (Å²) in [7, 11) is -1.52. The van der Waals surface area contributed by atoms with E-state index < -0.39 is 7.12 Å². The number of benzene rings is 1. The lowest BCUT2D eigenvalue weighted by atomic mass is 9.81. The highest BCUT2D eigenvalue weighted by Gasteiger charge is 2.30. The van der Waals surface area contributed by atoms with Crippen molar-refractivity contribution in [2.45, 2.75) is 53.0 Å². The summed E-state index contributed by atoms with van der Waals surface area (Å²) in [4.78, 5) is 0. The second kappa shape index (κ2) is 6.20. The van der Waals surface area contributed by atoms with Gasteiger partial charge in [0.25, 0.3) is 0 Å². The van der Waals surface area contributed by atoms with E-state index in [-0.39, 0.29) is 5.82 Å². The summed E-state index contributed by atoms with van der Waals surface area (Å²) in [5.41, 5.74) is 2.76. The van der Waals surface area contributed by atoms with E-state index in [0.29, 0.717) is 17.2 Å². The lowest BCUT2D eigenvalue weighted by Crippen LogP contribution is -2.40. The zero-order valence-electron chi connectivity index (χ0n) is 13.2. The highest BCUT2D eigenvalue weighted by molar-refractivity contribution is 6.59. The number of fused-ring (bicyclic) bond motifs is 1. The molecule has 0 atom stereocenters. The molecule has 2 aromatic rings. The Hall–Kier alpha value is -1.33. The highest BCUT2D eigenvalue weighted by atomic mass is 19.1. The van der Waals surface area contributed by atoms with Gasteiger partial charge in [-0.15, -0.1) is 0 Å². The second-order valence-corrected chi connectivity index (χ2v) is 5.46. The first kappa shape index (κ1) is 16.1. The van der Waals surface area contributed by atoms with Gasteiger partial charge in [-0.05, 0) is 56.4 Å². The molecule has 1 saturated carbocycles. The molecule has 5 heteroatoms. The van der Waals surface area contributed by atoms with Crippen molar-refractivity contribution in [2.75, 3.05) is 0 Å². The number of halogens is 1. The molecule has 1 aliphatic rings. The average molecular weight is 291 g/mol. The first-order valence-corrected chi connectivity index (χ1v) is 7.67. The van der Waals surface area contributed by atoms with E-state index >= 15 is 0 Å². The molecule has 0 saturated heterocycles. The summed E-state index contributed by atoms with van der Waals surface area (Å²) >= 11 is 0. The Morgan fingerprint density at radius 1 is 1.19 bits per heavy atom. The standard InChI is InChI=1S/C14H17BFNO2.C2H6/c1-8-6-13-11(7-12(8)16)9(2)14(15(18)19)17(13)10-4-3-5-10;1-2/h6-7,10,18-19H,3-5H2,1-2H3;1-2H3. The third kappa shape index (κ3) is 2.60. The Bertz CT molecular complexity index is 647. The Morgan fingerprint density at radius 3 is 2.29 bits per heavy atom. The number of aromatic nitrogens is 1. The molecule has 21 heavy (non-hydrogen) atoms. The first-order valence-electron chi connectivity index (χ1n) is 7.67. The maximum Gasteiger partial charge on any atom is 0.506 e. The van der Waals surface area contributed by atoms with Crippen LogP contribution in [-0.4, -0.2) is 21.7 Å². The van der Waals surface area contributed by atoms with Crippen molar-refractivity contribution in [3.05, 3.63) is 29.1 Å². The van der Waals surface area contributed by atoms with Gasteiger partial charge in [-0.3, -0.25) is 0 Å². The Balaban J connectivity index is 0.000000774. The minimum atomic E-state index is -1.52. The maximum atomic E-state index is 13.7. The third-order valence-corrected chi connectivity index (χ3v) is 4.27. The van der Waals surface area contributed by atoms with E-state index in [1.165, 1.54) is 6.07 Å². The van der Waals surface area contributed by atoms with Gasteiger partial charge in [-0.25, -0.2) is 4.39 Å². The van der Waals surface area contributed by atoms with Crippen LogP contribution in [0.1, 0.15) is 50.3 Å². The van der Waals surface area contributed by atoms with E-state index in [0.717, 1.165) is 35.7 Å². The zero-order chi connectivity index (χ0) is 15.7. The molecule has 0 bridgehead atoms. The lowest BCUT2D eigenvalue weighted by Gasteiger charge is -2.30. The number of hydrogen-bond donors (Lipinski definition) is 2. The van der Waals surface area contributed by atoms with Crippen molar-refractivity contribution in [1.29, 1.82) is 0 Å². The van der Waals surface area contributed by atoms with Crippen molar-refractivity contribution >= 4 is 23.6 Å². The van der Waals surface area contributed by atoms with Crippen LogP contribution in [0.2, 0.25) is 0 Å². The molecule has 1 aromatic heterocycles. The van der Waals surface area contributed by atoms with E-state index in [4.69, 9.17) is 0 Å². The van der Waals surface area contributed by atoms with E-state index in [2.05, 4.69) is 0 Å². The normalized spacial score (nSPS) is 14.6. The minimum Gasteiger partial charge on any atom is -0.422 e. The molecule has 1 aromatic carbocycles. The fourth-order valence-corrected chi connectivity index (χ4v) is 2.97. The highest BCUT2D eigenvalue weighted by Crippen LogP contribution is 2.35. The lowest BCUT2D eigenvalue weighted by molar-refractivity contribution is 0.321. The summed E-state index contributed by atoms with van der Waals surface area (Å²) in [6.07, 6.45) is 3.24. The maximum absolute atomic E-state index is 13.7. The van der Waals surface area contributed by atoms with Crippen molar-refractivity contribution < 1.29 is 14.4 Å². The van der Waals surface area contributed by atoms with Crippen LogP contribution >= 0.6 is 0 Å². The third-order valence-electron chi connectivity index (χ3n) is 4.27. The molecular formula is C16H23BFNO2. The average Bonchev–Trinajstić information content (AvgIpc) is 2.65. The van der Waals surface area contributed by atoms with Gasteiger partial charge in [0, 0.05) is 16.9 Å². The largest absolute Gasteiger partial charge is 0.506 e. The summed E-state index contributed by atoms with van der Waals surface area (Å²) in [6.45, 7) is 7.55. The molecule has 1 aliphatic carbocycles. The molecule has 0 amide bonds. The number of rotatable bonds is 2. The quantitative estimate of drug-likeness (QED) is 0.836. The van der Waals surface area contributed by atoms with E-state index in [1.807, 2.05) is 31.4 Å². The fourth-order valence-electron chi connectivity index (χ4n) is 2.97. The minimum absolute atomic E-state index is 0.250. The summed E-state index contributed by atoms with van der Waals surface area (Å²) in [5.74, 6) is -0.250. The van der Waals surface area contributed by atoms with Gasteiger partial charge in [-0.1, -0.05) is 13.8 Å². The molecule has 1 heterocycles. The molecule has 0 spiro atoms. The predicted molar refractivity (Wildman–Crippen MR) is 85.4 cm³/mol. The van der Waals surface area contributed by atoms with E-state index in [9.17, 15) is 14.4 Å². The van der Waals surface area contributed by atoms with E-state index in [1.54, 1.807) is 6.92 Å². The van der Waals surface area contributed by atoms with Crippen molar-refractivity contribution in [3.8, 4) is 0 Å². The molecule has 1 fully saturated rings. The predicted octanol–water partition coefficient (Wildman–Crippen LogP) is 2.83. The van der Waals surface area contributed by atoms with Crippen LogP contribution in [0.25, 0.3) is 10.9 Å². The molecule has 0 unspecified atom stereocenters. The molecule has 2 N–H and O–H groups in total. The summed E-state index contributed by atoms with van der Waals surface area (Å²) in [6, 6.07) is 3.61. The SMILES string of the molecule is CC.Cc1cc2c(cc1F)c(C)c(B(O)O)n2C1CCC1. The van der Waals surface area contributed by atoms with Gasteiger partial charge < -0.3 is 14.6 Å². The van der Waals surface area contributed by atoms with Gasteiger partial charge in [0.1, 0.15) is 5.82 Å². The monoisotopic (exact) mass is 291 g/mol. The Labute approximate surface area is 125 Å². The van der Waals surface area contributed by atoms with Crippen LogP contribution in [0.4, 0.5) is 4.39 Å². The Kier molecular flexibility index (Phi) is 4.74. The molecular weight excluding hydrogens is 268 g/mol. The van der Waals surface area contributed by atoms with Gasteiger partial charge in [0.15, 0.2) is 0 Å². The van der Waals surface area contributed by atoms with Crippen LogP contribution in [0.5, 0.6) is 0 Å². The van der Waals surface area contributed by atoms with Crippen molar-refractivity contribution in [2.24, 2.45) is 0 Å². The van der Waals surface area contributed by atoms with Crippen LogP contribution in [0, 0.1) is 19.7 Å². The zero-order valence-corrected chi connectivity index (χ0v) is 13.2. The number of hydrogen-bond acceptors (Lipinski definition) is 2. The molecule has 3 rings (SSSR count). The van der Waals surface area contributed by atoms with Crippen LogP contribution < -0.4 is 5.59 Å². The smallest absolute Gasteiger partial charge is 0.422 e. The topological polar surface area (TPSA) is 45.4 Å². The second-order valence-electron chi connectivity index (χ2n) is 5.46. The first-order chi connectivity index (χ1) is 10.0. The summed E-state index contributed by atoms with van der Waals surface area (Å²) < 4.78 is 15.7. The van der Waals surface area contributed by atoms with Gasteiger partial charge in [0.05, 0.1) is 5.59 Å². The number of aryl methyl sites for hydroxylation is 2. The molecule has 114 valence electrons. The summed E-state index contributed by atoms with van der Waals surface area (Å²) in [5, 5.41) is 20.0. The van der Waals surface area contributed by atoms with Gasteiger partial charge in [0.2, 0.25) is 0 Å². The van der Waals surface area contributed by atoms with Gasteiger partial charge >= 0.3 is 7.12 Å². The van der Waals surface area contributed by atoms with Crippen molar-refractivity contribution in [1.82, 2.24) is 4.57 Å². The van der Waals surface area contributed by atoms with Crippen LogP contribution in [-0.2, 0) is 0 Å². The Morgan fingerprint density at radius 2 is 1.81 bits per heavy atom. The van der Waals surface area contributed by atoms with Crippen LogP contribution in [0.3, 0.4) is 0 Å². The fraction of sp³-hybridized carbons (Fsp3) is 0.500. The molecule has 0 aliphatic heterocycles. The number of nitrogens with zero attached hydrogens (tertiary/aromatic N) is 1.